The zero-order valence-electron chi connectivity index (χ0n) is 22.0. The van der Waals surface area contributed by atoms with E-state index in [1.165, 1.54) is 18.6 Å². The third-order valence-corrected chi connectivity index (χ3v) is 7.71. The monoisotopic (exact) mass is 547 g/mol. The first-order chi connectivity index (χ1) is 20.0. The van der Waals surface area contributed by atoms with Gasteiger partial charge in [-0.3, -0.25) is 19.9 Å². The molecule has 1 aromatic carbocycles. The number of hydrogen-bond acceptors (Lipinski definition) is 6. The Balaban J connectivity index is 1.23. The van der Waals surface area contributed by atoms with E-state index >= 15 is 0 Å². The van der Waals surface area contributed by atoms with Crippen molar-refractivity contribution in [2.24, 2.45) is 5.92 Å². The van der Waals surface area contributed by atoms with Crippen LogP contribution in [0.15, 0.2) is 67.3 Å². The van der Waals surface area contributed by atoms with Gasteiger partial charge in [0.25, 0.3) is 0 Å². The van der Waals surface area contributed by atoms with Crippen LogP contribution in [0.1, 0.15) is 32.1 Å². The van der Waals surface area contributed by atoms with Crippen LogP contribution in [0.25, 0.3) is 55.7 Å². The van der Waals surface area contributed by atoms with E-state index in [9.17, 15) is 14.3 Å². The van der Waals surface area contributed by atoms with Gasteiger partial charge < -0.3 is 15.4 Å². The van der Waals surface area contributed by atoms with Crippen molar-refractivity contribution in [1.29, 1.82) is 0 Å². The van der Waals surface area contributed by atoms with Crippen molar-refractivity contribution in [3.05, 3.63) is 73.1 Å². The highest BCUT2D eigenvalue weighted by atomic mass is 19.1. The van der Waals surface area contributed by atoms with Crippen molar-refractivity contribution in [1.82, 2.24) is 30.1 Å². The summed E-state index contributed by atoms with van der Waals surface area (Å²) in [6, 6.07) is 11.5. The van der Waals surface area contributed by atoms with E-state index in [0.29, 0.717) is 28.3 Å². The number of H-pyrrole nitrogens is 2. The van der Waals surface area contributed by atoms with Crippen molar-refractivity contribution in [2.45, 2.75) is 32.1 Å². The normalized spacial score (nSPS) is 14.1. The Bertz CT molecular complexity index is 1900. The summed E-state index contributed by atoms with van der Waals surface area (Å²) in [5, 5.41) is 22.1. The quantitative estimate of drug-likeness (QED) is 0.192. The highest BCUT2D eigenvalue weighted by molar-refractivity contribution is 6.00. The molecule has 1 aliphatic carbocycles. The number of anilines is 1. The Labute approximate surface area is 233 Å². The number of aromatic amines is 2. The van der Waals surface area contributed by atoms with Gasteiger partial charge in [-0.25, -0.2) is 9.37 Å². The maximum absolute atomic E-state index is 14.0. The van der Waals surface area contributed by atoms with E-state index in [-0.39, 0.29) is 17.6 Å². The Hall–Kier alpha value is -5.12. The van der Waals surface area contributed by atoms with Crippen molar-refractivity contribution in [3.63, 3.8) is 0 Å². The molecular formula is C31H26FN7O2. The van der Waals surface area contributed by atoms with Crippen LogP contribution in [0.3, 0.4) is 0 Å². The fourth-order valence-corrected chi connectivity index (χ4v) is 5.67. The molecule has 7 rings (SSSR count). The van der Waals surface area contributed by atoms with Gasteiger partial charge in [-0.1, -0.05) is 19.3 Å². The molecule has 0 bridgehead atoms. The number of carbonyl (C=O) groups excluding carboxylic acids is 1. The molecule has 0 atom stereocenters. The SMILES string of the molecule is O=C(Nc1cncc(-c2cc3c(-c4cc5c(-c6cc(O)cc(F)c6)ccnc5[nH]4)n[nH]c3cn2)c1)C1CCCCC1. The minimum atomic E-state index is -0.522. The number of rotatable bonds is 5. The third kappa shape index (κ3) is 4.77. The number of nitrogens with one attached hydrogen (secondary N) is 3. The number of benzene rings is 1. The van der Waals surface area contributed by atoms with Gasteiger partial charge >= 0.3 is 0 Å². The number of phenolic OH excluding ortho intramolecular Hbond substituents is 1. The average molecular weight is 548 g/mol. The second-order valence-electron chi connectivity index (χ2n) is 10.5. The summed E-state index contributed by atoms with van der Waals surface area (Å²) in [5.41, 5.74) is 6.12. The molecule has 1 fully saturated rings. The predicted molar refractivity (Wildman–Crippen MR) is 154 cm³/mol. The summed E-state index contributed by atoms with van der Waals surface area (Å²) in [7, 11) is 0. The molecule has 204 valence electrons. The lowest BCUT2D eigenvalue weighted by atomic mass is 9.88. The Morgan fingerprint density at radius 3 is 2.68 bits per heavy atom. The fraction of sp³-hybridized carbons (Fsp3) is 0.194. The lowest BCUT2D eigenvalue weighted by molar-refractivity contribution is -0.120. The van der Waals surface area contributed by atoms with E-state index in [0.717, 1.165) is 64.9 Å². The van der Waals surface area contributed by atoms with Crippen molar-refractivity contribution >= 4 is 33.5 Å². The standard InChI is InChI=1S/C31H26FN7O2/c32-20-8-18(10-22(40)11-20)23-6-7-34-30-24(23)12-27(37-30)29-25-13-26(35-16-28(25)38-39-29)19-9-21(15-33-14-19)36-31(41)17-4-2-1-3-5-17/h6-17,40H,1-5H2,(H,34,37)(H,36,41)(H,38,39). The Morgan fingerprint density at radius 1 is 0.951 bits per heavy atom. The molecule has 41 heavy (non-hydrogen) atoms. The second kappa shape index (κ2) is 10.1. The van der Waals surface area contributed by atoms with Crippen LogP contribution in [0, 0.1) is 11.7 Å². The summed E-state index contributed by atoms with van der Waals surface area (Å²) in [6.45, 7) is 0. The molecule has 1 aliphatic rings. The first-order valence-electron chi connectivity index (χ1n) is 13.6. The Kier molecular flexibility index (Phi) is 6.15. The third-order valence-electron chi connectivity index (χ3n) is 7.71. The molecule has 0 aliphatic heterocycles. The van der Waals surface area contributed by atoms with Crippen molar-refractivity contribution in [2.75, 3.05) is 5.32 Å². The molecule has 0 unspecified atom stereocenters. The number of amides is 1. The van der Waals surface area contributed by atoms with Crippen molar-refractivity contribution in [3.8, 4) is 39.5 Å². The Morgan fingerprint density at radius 2 is 1.83 bits per heavy atom. The summed E-state index contributed by atoms with van der Waals surface area (Å²) < 4.78 is 14.0. The molecule has 10 heteroatoms. The topological polar surface area (TPSA) is 132 Å². The lowest BCUT2D eigenvalue weighted by Crippen LogP contribution is -2.24. The minimum Gasteiger partial charge on any atom is -0.508 e. The van der Waals surface area contributed by atoms with Gasteiger partial charge in [-0.15, -0.1) is 0 Å². The maximum atomic E-state index is 14.0. The van der Waals surface area contributed by atoms with Gasteiger partial charge in [0.05, 0.1) is 35.0 Å². The number of phenols is 1. The molecule has 5 aromatic heterocycles. The first kappa shape index (κ1) is 24.9. The summed E-state index contributed by atoms with van der Waals surface area (Å²) in [4.78, 5) is 29.5. The molecule has 1 amide bonds. The van der Waals surface area contributed by atoms with Gasteiger partial charge in [-0.2, -0.15) is 5.10 Å². The summed E-state index contributed by atoms with van der Waals surface area (Å²) in [5.74, 6) is -0.574. The van der Waals surface area contributed by atoms with Gasteiger partial charge in [0.1, 0.15) is 22.9 Å². The number of carbonyl (C=O) groups is 1. The van der Waals surface area contributed by atoms with Crippen LogP contribution in [0.5, 0.6) is 5.75 Å². The number of nitrogens with zero attached hydrogens (tertiary/aromatic N) is 4. The van der Waals surface area contributed by atoms with Gasteiger partial charge in [0, 0.05) is 40.7 Å². The molecule has 0 spiro atoms. The van der Waals surface area contributed by atoms with E-state index in [2.05, 4.69) is 35.5 Å². The van der Waals surface area contributed by atoms with Crippen molar-refractivity contribution < 1.29 is 14.3 Å². The largest absolute Gasteiger partial charge is 0.508 e. The molecule has 0 saturated heterocycles. The molecule has 6 aromatic rings. The predicted octanol–water partition coefficient (Wildman–Crippen LogP) is 6.59. The zero-order chi connectivity index (χ0) is 27.9. The fourth-order valence-electron chi connectivity index (χ4n) is 5.67. The van der Waals surface area contributed by atoms with E-state index < -0.39 is 5.82 Å². The number of fused-ring (bicyclic) bond motifs is 2. The maximum Gasteiger partial charge on any atom is 0.227 e. The summed E-state index contributed by atoms with van der Waals surface area (Å²) >= 11 is 0. The van der Waals surface area contributed by atoms with E-state index in [1.807, 2.05) is 18.2 Å². The number of pyridine rings is 3. The van der Waals surface area contributed by atoms with Crippen LogP contribution >= 0.6 is 0 Å². The molecular weight excluding hydrogens is 521 g/mol. The van der Waals surface area contributed by atoms with Crippen LogP contribution in [0.2, 0.25) is 0 Å². The van der Waals surface area contributed by atoms with Crippen LogP contribution < -0.4 is 5.32 Å². The lowest BCUT2D eigenvalue weighted by Gasteiger charge is -2.20. The number of aromatic hydroxyl groups is 1. The van der Waals surface area contributed by atoms with E-state index in [4.69, 9.17) is 0 Å². The van der Waals surface area contributed by atoms with Gasteiger partial charge in [-0.05, 0) is 60.4 Å². The number of hydrogen-bond donors (Lipinski definition) is 4. The summed E-state index contributed by atoms with van der Waals surface area (Å²) in [6.07, 6.45) is 12.0. The first-order valence-corrected chi connectivity index (χ1v) is 13.6. The van der Waals surface area contributed by atoms with Crippen LogP contribution in [0.4, 0.5) is 10.1 Å². The average Bonchev–Trinajstić information content (AvgIpc) is 3.61. The highest BCUT2D eigenvalue weighted by Crippen LogP contribution is 2.35. The minimum absolute atomic E-state index is 0.0458. The molecule has 5 heterocycles. The second-order valence-corrected chi connectivity index (χ2v) is 10.5. The van der Waals surface area contributed by atoms with E-state index in [1.54, 1.807) is 30.9 Å². The molecule has 9 nitrogen and oxygen atoms in total. The highest BCUT2D eigenvalue weighted by Gasteiger charge is 2.21. The van der Waals surface area contributed by atoms with Gasteiger partial charge in [0.2, 0.25) is 5.91 Å². The smallest absolute Gasteiger partial charge is 0.227 e. The number of halogens is 1. The molecule has 4 N–H and O–H groups in total. The number of aromatic nitrogens is 6. The molecule has 1 saturated carbocycles. The van der Waals surface area contributed by atoms with Crippen LogP contribution in [-0.4, -0.2) is 41.1 Å². The zero-order valence-corrected chi connectivity index (χ0v) is 22.0. The van der Waals surface area contributed by atoms with Crippen LogP contribution in [-0.2, 0) is 4.79 Å². The molecule has 0 radical (unpaired) electrons. The van der Waals surface area contributed by atoms with Gasteiger partial charge in [0.15, 0.2) is 0 Å².